The van der Waals surface area contributed by atoms with E-state index in [0.717, 1.165) is 19.6 Å². The van der Waals surface area contributed by atoms with E-state index in [-0.39, 0.29) is 11.8 Å². The maximum Gasteiger partial charge on any atom is 0.254 e. The average molecular weight is 387 g/mol. The molecule has 3 aromatic carbocycles. The van der Waals surface area contributed by atoms with Crippen LogP contribution in [0.4, 0.5) is 5.69 Å². The highest BCUT2D eigenvalue weighted by atomic mass is 16.2. The molecule has 5 nitrogen and oxygen atoms in total. The van der Waals surface area contributed by atoms with Crippen LogP contribution < -0.4 is 5.32 Å². The summed E-state index contributed by atoms with van der Waals surface area (Å²) < 4.78 is 0. The molecule has 148 valence electrons. The number of fused-ring (bicyclic) bond motifs is 1. The Bertz CT molecular complexity index is 1030. The van der Waals surface area contributed by atoms with Gasteiger partial charge in [0.25, 0.3) is 5.91 Å². The van der Waals surface area contributed by atoms with Crippen LogP contribution in [-0.4, -0.2) is 47.8 Å². The van der Waals surface area contributed by atoms with Crippen molar-refractivity contribution in [1.82, 2.24) is 9.80 Å². The molecular weight excluding hydrogens is 362 g/mol. The molecule has 0 bridgehead atoms. The molecule has 1 aliphatic heterocycles. The van der Waals surface area contributed by atoms with Crippen molar-refractivity contribution < 1.29 is 9.59 Å². The molecular formula is C24H25N3O2. The second-order valence-electron chi connectivity index (χ2n) is 7.47. The van der Waals surface area contributed by atoms with Crippen LogP contribution in [0, 0.1) is 0 Å². The fourth-order valence-corrected chi connectivity index (χ4v) is 3.90. The van der Waals surface area contributed by atoms with Gasteiger partial charge in [-0.15, -0.1) is 0 Å². The Kier molecular flexibility index (Phi) is 5.58. The topological polar surface area (TPSA) is 52.7 Å². The van der Waals surface area contributed by atoms with Crippen LogP contribution in [0.1, 0.15) is 22.8 Å². The van der Waals surface area contributed by atoms with Crippen molar-refractivity contribution in [2.45, 2.75) is 13.5 Å². The van der Waals surface area contributed by atoms with Crippen LogP contribution in [-0.2, 0) is 11.3 Å². The van der Waals surface area contributed by atoms with E-state index in [1.807, 2.05) is 4.90 Å². The number of hydrogen-bond donors (Lipinski definition) is 1. The first-order valence-corrected chi connectivity index (χ1v) is 9.96. The van der Waals surface area contributed by atoms with Crippen molar-refractivity contribution in [2.24, 2.45) is 0 Å². The Morgan fingerprint density at radius 2 is 1.62 bits per heavy atom. The summed E-state index contributed by atoms with van der Waals surface area (Å²) in [4.78, 5) is 28.4. The maximum atomic E-state index is 12.9. The third-order valence-electron chi connectivity index (χ3n) is 5.36. The average Bonchev–Trinajstić information content (AvgIpc) is 2.74. The number of carbonyl (C=O) groups excluding carboxylic acids is 2. The van der Waals surface area contributed by atoms with Crippen LogP contribution in [0.15, 0.2) is 66.7 Å². The molecule has 1 aliphatic rings. The molecule has 4 rings (SSSR count). The molecule has 0 radical (unpaired) electrons. The fourth-order valence-electron chi connectivity index (χ4n) is 3.90. The number of benzene rings is 3. The van der Waals surface area contributed by atoms with Crippen LogP contribution in [0.2, 0.25) is 0 Å². The van der Waals surface area contributed by atoms with Crippen molar-refractivity contribution in [3.63, 3.8) is 0 Å². The van der Waals surface area contributed by atoms with Gasteiger partial charge in [-0.2, -0.15) is 0 Å². The van der Waals surface area contributed by atoms with E-state index >= 15 is 0 Å². The van der Waals surface area contributed by atoms with Gasteiger partial charge in [0, 0.05) is 50.9 Å². The van der Waals surface area contributed by atoms with Crippen LogP contribution in [0.3, 0.4) is 0 Å². The number of piperazine rings is 1. The Morgan fingerprint density at radius 3 is 2.41 bits per heavy atom. The van der Waals surface area contributed by atoms with Crippen molar-refractivity contribution in [3.8, 4) is 0 Å². The van der Waals surface area contributed by atoms with Crippen LogP contribution >= 0.6 is 0 Å². The number of hydrogen-bond acceptors (Lipinski definition) is 3. The molecule has 1 N–H and O–H groups in total. The zero-order valence-corrected chi connectivity index (χ0v) is 16.6. The first kappa shape index (κ1) is 19.2. The van der Waals surface area contributed by atoms with Crippen molar-refractivity contribution in [1.29, 1.82) is 0 Å². The number of rotatable bonds is 4. The van der Waals surface area contributed by atoms with Crippen molar-refractivity contribution in [3.05, 3.63) is 77.9 Å². The number of carbonyl (C=O) groups is 2. The van der Waals surface area contributed by atoms with E-state index in [2.05, 4.69) is 52.7 Å². The summed E-state index contributed by atoms with van der Waals surface area (Å²) in [5, 5.41) is 5.29. The van der Waals surface area contributed by atoms with E-state index in [9.17, 15) is 9.59 Å². The van der Waals surface area contributed by atoms with Crippen molar-refractivity contribution in [2.75, 3.05) is 31.5 Å². The highest BCUT2D eigenvalue weighted by Gasteiger charge is 2.22. The van der Waals surface area contributed by atoms with E-state index in [1.165, 1.54) is 23.3 Å². The summed E-state index contributed by atoms with van der Waals surface area (Å²) in [6.45, 7) is 5.45. The quantitative estimate of drug-likeness (QED) is 0.742. The standard InChI is InChI=1S/C24H25N3O2/c1-18(28)25-22-10-5-8-20(16-22)24(29)27-14-12-26(13-15-27)17-21-9-4-7-19-6-2-3-11-23(19)21/h2-11,16H,12-15,17H2,1H3,(H,25,28). The molecule has 1 fully saturated rings. The minimum absolute atomic E-state index is 0.0158. The normalized spacial score (nSPS) is 14.7. The van der Waals surface area contributed by atoms with E-state index in [0.29, 0.717) is 24.3 Å². The predicted octanol–water partition coefficient (Wildman–Crippen LogP) is 3.76. The molecule has 3 aromatic rings. The SMILES string of the molecule is CC(=O)Nc1cccc(C(=O)N2CCN(Cc3cccc4ccccc34)CC2)c1. The molecule has 29 heavy (non-hydrogen) atoms. The van der Waals surface area contributed by atoms with Gasteiger partial charge in [-0.1, -0.05) is 48.5 Å². The number of nitrogens with one attached hydrogen (secondary N) is 1. The maximum absolute atomic E-state index is 12.9. The minimum atomic E-state index is -0.142. The molecule has 0 saturated carbocycles. The fraction of sp³-hybridized carbons (Fsp3) is 0.250. The highest BCUT2D eigenvalue weighted by molar-refractivity contribution is 5.96. The smallest absolute Gasteiger partial charge is 0.254 e. The molecule has 1 heterocycles. The van der Waals surface area contributed by atoms with Crippen LogP contribution in [0.25, 0.3) is 10.8 Å². The van der Waals surface area contributed by atoms with Crippen LogP contribution in [0.5, 0.6) is 0 Å². The van der Waals surface area contributed by atoms with Gasteiger partial charge < -0.3 is 10.2 Å². The third kappa shape index (κ3) is 4.46. The second-order valence-corrected chi connectivity index (χ2v) is 7.47. The lowest BCUT2D eigenvalue weighted by Gasteiger charge is -2.35. The summed E-state index contributed by atoms with van der Waals surface area (Å²) >= 11 is 0. The highest BCUT2D eigenvalue weighted by Crippen LogP contribution is 2.21. The summed E-state index contributed by atoms with van der Waals surface area (Å²) in [6, 6.07) is 22.0. The second kappa shape index (κ2) is 8.45. The Hall–Kier alpha value is -3.18. The molecule has 0 aromatic heterocycles. The minimum Gasteiger partial charge on any atom is -0.336 e. The van der Waals surface area contributed by atoms with Gasteiger partial charge in [-0.25, -0.2) is 0 Å². The molecule has 0 aliphatic carbocycles. The Labute approximate surface area is 170 Å². The zero-order chi connectivity index (χ0) is 20.2. The Morgan fingerprint density at radius 1 is 0.897 bits per heavy atom. The number of amides is 2. The van der Waals surface area contributed by atoms with E-state index < -0.39 is 0 Å². The lowest BCUT2D eigenvalue weighted by molar-refractivity contribution is -0.114. The summed E-state index contributed by atoms with van der Waals surface area (Å²) in [5.74, 6) is -0.126. The lowest BCUT2D eigenvalue weighted by atomic mass is 10.0. The predicted molar refractivity (Wildman–Crippen MR) is 116 cm³/mol. The number of nitrogens with zero attached hydrogens (tertiary/aromatic N) is 2. The molecule has 1 saturated heterocycles. The molecule has 2 amide bonds. The summed E-state index contributed by atoms with van der Waals surface area (Å²) in [7, 11) is 0. The van der Waals surface area contributed by atoms with Gasteiger partial charge >= 0.3 is 0 Å². The third-order valence-corrected chi connectivity index (χ3v) is 5.36. The summed E-state index contributed by atoms with van der Waals surface area (Å²) in [6.07, 6.45) is 0. The van der Waals surface area contributed by atoms with Gasteiger partial charge in [-0.3, -0.25) is 14.5 Å². The first-order chi connectivity index (χ1) is 14.1. The molecule has 5 heteroatoms. The Balaban J connectivity index is 1.39. The van der Waals surface area contributed by atoms with E-state index in [4.69, 9.17) is 0 Å². The van der Waals surface area contributed by atoms with Gasteiger partial charge in [0.15, 0.2) is 0 Å². The molecule has 0 unspecified atom stereocenters. The zero-order valence-electron chi connectivity index (χ0n) is 16.6. The lowest BCUT2D eigenvalue weighted by Crippen LogP contribution is -2.48. The monoisotopic (exact) mass is 387 g/mol. The first-order valence-electron chi connectivity index (χ1n) is 9.96. The van der Waals surface area contributed by atoms with Gasteiger partial charge in [0.2, 0.25) is 5.91 Å². The van der Waals surface area contributed by atoms with Gasteiger partial charge in [-0.05, 0) is 34.5 Å². The summed E-state index contributed by atoms with van der Waals surface area (Å²) in [5.41, 5.74) is 2.59. The molecule has 0 spiro atoms. The van der Waals surface area contributed by atoms with Gasteiger partial charge in [0.1, 0.15) is 0 Å². The van der Waals surface area contributed by atoms with Crippen molar-refractivity contribution >= 4 is 28.3 Å². The molecule has 0 atom stereocenters. The van der Waals surface area contributed by atoms with E-state index in [1.54, 1.807) is 24.3 Å². The number of anilines is 1. The van der Waals surface area contributed by atoms with Gasteiger partial charge in [0.05, 0.1) is 0 Å². The largest absolute Gasteiger partial charge is 0.336 e.